The Balaban J connectivity index is 2.30. The molecule has 0 aliphatic carbocycles. The lowest BCUT2D eigenvalue weighted by molar-refractivity contribution is 0.0895. The minimum Gasteiger partial charge on any atom is -0.298 e. The van der Waals surface area contributed by atoms with E-state index in [1.807, 2.05) is 4.90 Å². The van der Waals surface area contributed by atoms with Crippen LogP contribution in [0.25, 0.3) is 0 Å². The molecular formula is C10H16F2N2. The van der Waals surface area contributed by atoms with Crippen molar-refractivity contribution < 1.29 is 8.78 Å². The molecule has 1 unspecified atom stereocenters. The van der Waals surface area contributed by atoms with Gasteiger partial charge in [0.15, 0.2) is 0 Å². The summed E-state index contributed by atoms with van der Waals surface area (Å²) in [6.45, 7) is 1.36. The van der Waals surface area contributed by atoms with Gasteiger partial charge in [-0.25, -0.2) is 8.78 Å². The van der Waals surface area contributed by atoms with Crippen LogP contribution in [0.3, 0.4) is 0 Å². The fourth-order valence-electron chi connectivity index (χ4n) is 1.94. The van der Waals surface area contributed by atoms with Crippen LogP contribution in [-0.2, 0) is 0 Å². The topological polar surface area (TPSA) is 27.0 Å². The van der Waals surface area contributed by atoms with Crippen molar-refractivity contribution in [2.75, 3.05) is 19.6 Å². The van der Waals surface area contributed by atoms with Crippen molar-refractivity contribution in [3.05, 3.63) is 0 Å². The molecule has 1 aliphatic rings. The number of rotatable bonds is 3. The van der Waals surface area contributed by atoms with E-state index < -0.39 is 6.43 Å². The number of hydrogen-bond acceptors (Lipinski definition) is 2. The van der Waals surface area contributed by atoms with Crippen LogP contribution in [0, 0.1) is 17.2 Å². The predicted molar refractivity (Wildman–Crippen MR) is 50.0 cm³/mol. The van der Waals surface area contributed by atoms with Gasteiger partial charge >= 0.3 is 0 Å². The van der Waals surface area contributed by atoms with Gasteiger partial charge in [-0.05, 0) is 38.3 Å². The van der Waals surface area contributed by atoms with Crippen LogP contribution < -0.4 is 0 Å². The molecular weight excluding hydrogens is 186 g/mol. The van der Waals surface area contributed by atoms with E-state index in [9.17, 15) is 8.78 Å². The summed E-state index contributed by atoms with van der Waals surface area (Å²) in [6, 6.07) is 2.15. The third kappa shape index (κ3) is 4.01. The third-order valence-corrected chi connectivity index (χ3v) is 2.72. The Labute approximate surface area is 83.5 Å². The molecule has 80 valence electrons. The number of likely N-dealkylation sites (tertiary alicyclic amines) is 1. The first kappa shape index (κ1) is 11.4. The van der Waals surface area contributed by atoms with Crippen LogP contribution >= 0.6 is 0 Å². The molecule has 0 radical (unpaired) electrons. The molecule has 1 atom stereocenters. The highest BCUT2D eigenvalue weighted by molar-refractivity contribution is 4.79. The van der Waals surface area contributed by atoms with Gasteiger partial charge in [-0.3, -0.25) is 4.90 Å². The summed E-state index contributed by atoms with van der Waals surface area (Å²) in [5.41, 5.74) is 0. The van der Waals surface area contributed by atoms with Crippen molar-refractivity contribution >= 4 is 0 Å². The normalized spacial score (nSPS) is 24.6. The van der Waals surface area contributed by atoms with Gasteiger partial charge in [-0.2, -0.15) is 5.26 Å². The highest BCUT2D eigenvalue weighted by Crippen LogP contribution is 2.20. The largest absolute Gasteiger partial charge is 0.298 e. The van der Waals surface area contributed by atoms with E-state index in [1.165, 1.54) is 0 Å². The van der Waals surface area contributed by atoms with Crippen LogP contribution in [0.1, 0.15) is 25.7 Å². The second kappa shape index (κ2) is 5.92. The van der Waals surface area contributed by atoms with E-state index in [4.69, 9.17) is 5.26 Å². The Kier molecular flexibility index (Phi) is 4.81. The van der Waals surface area contributed by atoms with E-state index in [0.29, 0.717) is 12.3 Å². The summed E-state index contributed by atoms with van der Waals surface area (Å²) >= 11 is 0. The molecule has 14 heavy (non-hydrogen) atoms. The van der Waals surface area contributed by atoms with E-state index in [2.05, 4.69) is 6.07 Å². The first-order chi connectivity index (χ1) is 6.72. The second-order valence-corrected chi connectivity index (χ2v) is 3.85. The molecule has 4 heteroatoms. The van der Waals surface area contributed by atoms with E-state index in [-0.39, 0.29) is 6.54 Å². The van der Waals surface area contributed by atoms with E-state index >= 15 is 0 Å². The maximum Gasteiger partial charge on any atom is 0.251 e. The standard InChI is InChI=1S/C10H16F2N2/c11-10(12)8-14-6-1-2-9(3-5-13)4-7-14/h9-10H,1-4,6-8H2. The zero-order chi connectivity index (χ0) is 10.4. The molecule has 0 aromatic rings. The molecule has 0 saturated carbocycles. The molecule has 0 aromatic carbocycles. The fourth-order valence-corrected chi connectivity index (χ4v) is 1.94. The number of nitrogens with zero attached hydrogens (tertiary/aromatic N) is 2. The van der Waals surface area contributed by atoms with E-state index in [1.54, 1.807) is 0 Å². The Morgan fingerprint density at radius 1 is 1.36 bits per heavy atom. The lowest BCUT2D eigenvalue weighted by Crippen LogP contribution is -2.29. The molecule has 2 nitrogen and oxygen atoms in total. The van der Waals surface area contributed by atoms with Crippen LogP contribution in [0.2, 0.25) is 0 Å². The molecule has 1 heterocycles. The molecule has 1 fully saturated rings. The lowest BCUT2D eigenvalue weighted by Gasteiger charge is -2.18. The highest BCUT2D eigenvalue weighted by Gasteiger charge is 2.18. The first-order valence-electron chi connectivity index (χ1n) is 5.10. The van der Waals surface area contributed by atoms with Crippen molar-refractivity contribution in [2.24, 2.45) is 5.92 Å². The van der Waals surface area contributed by atoms with Gasteiger partial charge in [0, 0.05) is 6.42 Å². The monoisotopic (exact) mass is 202 g/mol. The van der Waals surface area contributed by atoms with Crippen molar-refractivity contribution in [3.8, 4) is 6.07 Å². The van der Waals surface area contributed by atoms with Crippen LogP contribution in [0.5, 0.6) is 0 Å². The summed E-state index contributed by atoms with van der Waals surface area (Å²) in [6.07, 6.45) is 1.18. The lowest BCUT2D eigenvalue weighted by atomic mass is 9.98. The smallest absolute Gasteiger partial charge is 0.251 e. The van der Waals surface area contributed by atoms with Gasteiger partial charge in [0.2, 0.25) is 0 Å². The summed E-state index contributed by atoms with van der Waals surface area (Å²) in [5.74, 6) is 0.419. The predicted octanol–water partition coefficient (Wildman–Crippen LogP) is 2.27. The minimum absolute atomic E-state index is 0.112. The van der Waals surface area contributed by atoms with Crippen LogP contribution in [0.15, 0.2) is 0 Å². The fraction of sp³-hybridized carbons (Fsp3) is 0.900. The summed E-state index contributed by atoms with van der Waals surface area (Å²) < 4.78 is 24.2. The zero-order valence-corrected chi connectivity index (χ0v) is 8.25. The molecule has 1 rings (SSSR count). The maximum atomic E-state index is 12.1. The van der Waals surface area contributed by atoms with Crippen molar-refractivity contribution in [1.82, 2.24) is 4.90 Å². The Bertz CT molecular complexity index is 201. The quantitative estimate of drug-likeness (QED) is 0.702. The van der Waals surface area contributed by atoms with Crippen molar-refractivity contribution in [3.63, 3.8) is 0 Å². The Morgan fingerprint density at radius 3 is 2.79 bits per heavy atom. The minimum atomic E-state index is -2.23. The number of alkyl halides is 2. The molecule has 1 saturated heterocycles. The average molecular weight is 202 g/mol. The van der Waals surface area contributed by atoms with Gasteiger partial charge in [0.25, 0.3) is 6.43 Å². The maximum absolute atomic E-state index is 12.1. The Hall–Kier alpha value is -0.690. The second-order valence-electron chi connectivity index (χ2n) is 3.85. The van der Waals surface area contributed by atoms with Crippen LogP contribution in [-0.4, -0.2) is 31.0 Å². The average Bonchev–Trinajstić information content (AvgIpc) is 2.31. The first-order valence-corrected chi connectivity index (χ1v) is 5.10. The van der Waals surface area contributed by atoms with Gasteiger partial charge in [-0.1, -0.05) is 0 Å². The SMILES string of the molecule is N#CCC1CCCN(CC(F)F)CC1. The summed E-state index contributed by atoms with van der Waals surface area (Å²) in [5, 5.41) is 8.54. The molecule has 0 amide bonds. The van der Waals surface area contributed by atoms with Gasteiger partial charge < -0.3 is 0 Å². The molecule has 0 spiro atoms. The molecule has 0 bridgehead atoms. The molecule has 0 N–H and O–H groups in total. The van der Waals surface area contributed by atoms with Gasteiger partial charge in [0.05, 0.1) is 12.6 Å². The van der Waals surface area contributed by atoms with Crippen molar-refractivity contribution in [1.29, 1.82) is 5.26 Å². The molecule has 1 aliphatic heterocycles. The number of nitriles is 1. The molecule has 0 aromatic heterocycles. The van der Waals surface area contributed by atoms with Gasteiger partial charge in [-0.15, -0.1) is 0 Å². The highest BCUT2D eigenvalue weighted by atomic mass is 19.3. The van der Waals surface area contributed by atoms with Gasteiger partial charge in [0.1, 0.15) is 0 Å². The van der Waals surface area contributed by atoms with E-state index in [0.717, 1.165) is 32.4 Å². The summed E-state index contributed by atoms with van der Waals surface area (Å²) in [4.78, 5) is 1.81. The number of hydrogen-bond donors (Lipinski definition) is 0. The third-order valence-electron chi connectivity index (χ3n) is 2.72. The van der Waals surface area contributed by atoms with Crippen molar-refractivity contribution in [2.45, 2.75) is 32.1 Å². The Morgan fingerprint density at radius 2 is 2.14 bits per heavy atom. The zero-order valence-electron chi connectivity index (χ0n) is 8.25. The summed E-state index contributed by atoms with van der Waals surface area (Å²) in [7, 11) is 0. The number of halogens is 2. The van der Waals surface area contributed by atoms with Crippen LogP contribution in [0.4, 0.5) is 8.78 Å².